The molecule has 0 aliphatic heterocycles. The van der Waals surface area contributed by atoms with E-state index in [-0.39, 0.29) is 0 Å². The maximum Gasteiger partial charge on any atom is 0.0193 e. The van der Waals surface area contributed by atoms with Crippen LogP contribution in [-0.4, -0.2) is 31.1 Å². The molecule has 2 heteroatoms. The van der Waals surface area contributed by atoms with Crippen molar-refractivity contribution in [2.24, 2.45) is 11.7 Å². The van der Waals surface area contributed by atoms with Crippen LogP contribution in [0.3, 0.4) is 0 Å². The third kappa shape index (κ3) is 5.33. The molecule has 0 aliphatic carbocycles. The summed E-state index contributed by atoms with van der Waals surface area (Å²) in [7, 11) is 2.16. The minimum atomic E-state index is 0.292. The second kappa shape index (κ2) is 7.46. The van der Waals surface area contributed by atoms with E-state index in [4.69, 9.17) is 5.73 Å². The molecule has 2 nitrogen and oxygen atoms in total. The molecule has 17 heavy (non-hydrogen) atoms. The van der Waals surface area contributed by atoms with Crippen molar-refractivity contribution in [1.82, 2.24) is 4.90 Å². The third-order valence-corrected chi connectivity index (χ3v) is 3.52. The van der Waals surface area contributed by atoms with E-state index in [9.17, 15) is 0 Å². The fourth-order valence-electron chi connectivity index (χ4n) is 1.90. The van der Waals surface area contributed by atoms with Crippen molar-refractivity contribution in [3.05, 3.63) is 35.9 Å². The van der Waals surface area contributed by atoms with Crippen molar-refractivity contribution in [3.63, 3.8) is 0 Å². The third-order valence-electron chi connectivity index (χ3n) is 3.52. The maximum absolute atomic E-state index is 6.16. The van der Waals surface area contributed by atoms with Gasteiger partial charge in [0.25, 0.3) is 0 Å². The van der Waals surface area contributed by atoms with Crippen molar-refractivity contribution in [2.45, 2.75) is 32.7 Å². The molecule has 0 unspecified atom stereocenters. The Morgan fingerprint density at radius 1 is 1.24 bits per heavy atom. The molecule has 1 rings (SSSR count). The summed E-state index contributed by atoms with van der Waals surface area (Å²) in [4.78, 5) is 2.34. The van der Waals surface area contributed by atoms with Gasteiger partial charge in [-0.15, -0.1) is 0 Å². The molecule has 0 saturated carbocycles. The molecule has 0 bridgehead atoms. The van der Waals surface area contributed by atoms with Gasteiger partial charge >= 0.3 is 0 Å². The highest BCUT2D eigenvalue weighted by Gasteiger charge is 2.12. The molecule has 0 saturated heterocycles. The Kier molecular flexibility index (Phi) is 6.23. The molecule has 0 aliphatic rings. The summed E-state index contributed by atoms with van der Waals surface area (Å²) in [6.07, 6.45) is 2.26. The van der Waals surface area contributed by atoms with Gasteiger partial charge < -0.3 is 10.6 Å². The monoisotopic (exact) mass is 234 g/mol. The first-order chi connectivity index (χ1) is 8.13. The lowest BCUT2D eigenvalue weighted by Gasteiger charge is -2.25. The Bertz CT molecular complexity index is 297. The molecule has 1 aromatic carbocycles. The summed E-state index contributed by atoms with van der Waals surface area (Å²) in [5.74, 6) is 0.606. The van der Waals surface area contributed by atoms with Crippen LogP contribution in [0.5, 0.6) is 0 Å². The van der Waals surface area contributed by atoms with E-state index in [1.54, 1.807) is 0 Å². The standard InChI is InChI=1S/C15H26N2/c1-4-13(2)15(16)12-17(3)11-10-14-8-6-5-7-9-14/h5-9,13,15H,4,10-12,16H2,1-3H3/t13-,15+/m1/s1. The molecule has 2 atom stereocenters. The number of nitrogens with two attached hydrogens (primary N) is 1. The first-order valence-corrected chi connectivity index (χ1v) is 6.61. The molecule has 0 fully saturated rings. The van der Waals surface area contributed by atoms with E-state index in [0.717, 1.165) is 25.9 Å². The second-order valence-electron chi connectivity index (χ2n) is 5.05. The van der Waals surface area contributed by atoms with Crippen molar-refractivity contribution >= 4 is 0 Å². The van der Waals surface area contributed by atoms with Crippen LogP contribution in [0.2, 0.25) is 0 Å². The molecular formula is C15H26N2. The highest BCUT2D eigenvalue weighted by atomic mass is 15.1. The predicted molar refractivity (Wildman–Crippen MR) is 75.1 cm³/mol. The lowest BCUT2D eigenvalue weighted by molar-refractivity contribution is 0.276. The van der Waals surface area contributed by atoms with Gasteiger partial charge in [-0.25, -0.2) is 0 Å². The number of hydrogen-bond donors (Lipinski definition) is 1. The van der Waals surface area contributed by atoms with Gasteiger partial charge in [-0.1, -0.05) is 50.6 Å². The molecule has 0 heterocycles. The van der Waals surface area contributed by atoms with Gasteiger partial charge in [0, 0.05) is 19.1 Å². The number of rotatable bonds is 7. The Hall–Kier alpha value is -0.860. The highest BCUT2D eigenvalue weighted by Crippen LogP contribution is 2.07. The van der Waals surface area contributed by atoms with Gasteiger partial charge in [-0.05, 0) is 24.9 Å². The fraction of sp³-hybridized carbons (Fsp3) is 0.600. The van der Waals surface area contributed by atoms with Crippen LogP contribution in [0.15, 0.2) is 30.3 Å². The highest BCUT2D eigenvalue weighted by molar-refractivity contribution is 5.14. The summed E-state index contributed by atoms with van der Waals surface area (Å²) in [6, 6.07) is 10.9. The van der Waals surface area contributed by atoms with Crippen LogP contribution in [0.1, 0.15) is 25.8 Å². The SMILES string of the molecule is CC[C@@H](C)[C@@H](N)CN(C)CCc1ccccc1. The zero-order chi connectivity index (χ0) is 12.7. The van der Waals surface area contributed by atoms with E-state index < -0.39 is 0 Å². The number of nitrogens with zero attached hydrogens (tertiary/aromatic N) is 1. The topological polar surface area (TPSA) is 29.3 Å². The van der Waals surface area contributed by atoms with Gasteiger partial charge in [-0.2, -0.15) is 0 Å². The Labute approximate surface area is 106 Å². The van der Waals surface area contributed by atoms with E-state index in [1.807, 2.05) is 0 Å². The Balaban J connectivity index is 2.28. The van der Waals surface area contributed by atoms with Gasteiger partial charge in [-0.3, -0.25) is 0 Å². The van der Waals surface area contributed by atoms with E-state index >= 15 is 0 Å². The van der Waals surface area contributed by atoms with E-state index in [1.165, 1.54) is 5.56 Å². The summed E-state index contributed by atoms with van der Waals surface area (Å²) < 4.78 is 0. The Morgan fingerprint density at radius 2 is 1.88 bits per heavy atom. The summed E-state index contributed by atoms with van der Waals surface area (Å²) >= 11 is 0. The molecule has 1 aromatic rings. The van der Waals surface area contributed by atoms with Crippen LogP contribution in [0.4, 0.5) is 0 Å². The molecule has 2 N–H and O–H groups in total. The zero-order valence-electron chi connectivity index (χ0n) is 11.4. The molecule has 0 aromatic heterocycles. The molecule has 0 amide bonds. The zero-order valence-corrected chi connectivity index (χ0v) is 11.4. The van der Waals surface area contributed by atoms with E-state index in [0.29, 0.717) is 12.0 Å². The summed E-state index contributed by atoms with van der Waals surface area (Å²) in [5, 5.41) is 0. The minimum Gasteiger partial charge on any atom is -0.326 e. The van der Waals surface area contributed by atoms with Crippen LogP contribution < -0.4 is 5.73 Å². The van der Waals surface area contributed by atoms with Crippen molar-refractivity contribution in [2.75, 3.05) is 20.1 Å². The average molecular weight is 234 g/mol. The van der Waals surface area contributed by atoms with Crippen LogP contribution in [-0.2, 0) is 6.42 Å². The van der Waals surface area contributed by atoms with Gasteiger partial charge in [0.1, 0.15) is 0 Å². The normalized spacial score (nSPS) is 14.9. The second-order valence-corrected chi connectivity index (χ2v) is 5.05. The fourth-order valence-corrected chi connectivity index (χ4v) is 1.90. The Morgan fingerprint density at radius 3 is 2.47 bits per heavy atom. The van der Waals surface area contributed by atoms with Crippen LogP contribution in [0, 0.1) is 5.92 Å². The summed E-state index contributed by atoms with van der Waals surface area (Å²) in [5.41, 5.74) is 7.56. The quantitative estimate of drug-likeness (QED) is 0.785. The largest absolute Gasteiger partial charge is 0.326 e. The first-order valence-electron chi connectivity index (χ1n) is 6.61. The smallest absolute Gasteiger partial charge is 0.0193 e. The van der Waals surface area contributed by atoms with Gasteiger partial charge in [0.05, 0.1) is 0 Å². The van der Waals surface area contributed by atoms with Gasteiger partial charge in [0.15, 0.2) is 0 Å². The van der Waals surface area contributed by atoms with E-state index in [2.05, 4.69) is 56.1 Å². The molecule has 96 valence electrons. The summed E-state index contributed by atoms with van der Waals surface area (Å²) in [6.45, 7) is 6.50. The minimum absolute atomic E-state index is 0.292. The number of likely N-dealkylation sites (N-methyl/N-ethyl adjacent to an activating group) is 1. The molecule has 0 radical (unpaired) electrons. The van der Waals surface area contributed by atoms with Crippen molar-refractivity contribution < 1.29 is 0 Å². The first kappa shape index (κ1) is 14.2. The number of hydrogen-bond acceptors (Lipinski definition) is 2. The van der Waals surface area contributed by atoms with Crippen LogP contribution >= 0.6 is 0 Å². The number of benzene rings is 1. The predicted octanol–water partition coefficient (Wildman–Crippen LogP) is 2.53. The lowest BCUT2D eigenvalue weighted by Crippen LogP contribution is -2.40. The van der Waals surface area contributed by atoms with Crippen molar-refractivity contribution in [1.29, 1.82) is 0 Å². The maximum atomic E-state index is 6.16. The van der Waals surface area contributed by atoms with Crippen molar-refractivity contribution in [3.8, 4) is 0 Å². The average Bonchev–Trinajstić information content (AvgIpc) is 2.36. The lowest BCUT2D eigenvalue weighted by atomic mass is 10.00. The van der Waals surface area contributed by atoms with Crippen LogP contribution in [0.25, 0.3) is 0 Å². The van der Waals surface area contributed by atoms with Gasteiger partial charge in [0.2, 0.25) is 0 Å². The molecule has 0 spiro atoms. The molecular weight excluding hydrogens is 208 g/mol.